The Hall–Kier alpha value is -2.88. The first kappa shape index (κ1) is 24.8. The van der Waals surface area contributed by atoms with Crippen molar-refractivity contribution >= 4 is 21.9 Å². The number of carbonyl (C=O) groups is 2. The molecule has 1 heterocycles. The molecule has 0 bridgehead atoms. The van der Waals surface area contributed by atoms with Crippen LogP contribution >= 0.6 is 0 Å². The summed E-state index contributed by atoms with van der Waals surface area (Å²) in [6.45, 7) is 5.44. The van der Waals surface area contributed by atoms with Crippen molar-refractivity contribution in [2.24, 2.45) is 0 Å². The molecule has 2 aromatic carbocycles. The second-order valence-electron chi connectivity index (χ2n) is 7.98. The van der Waals surface area contributed by atoms with Gasteiger partial charge in [0.05, 0.1) is 29.5 Å². The first-order valence-corrected chi connectivity index (χ1v) is 11.8. The molecule has 1 unspecified atom stereocenters. The standard InChI is InChI=1S/C23H24F3NO5S/c1-4-5-10-32-20(28)13-19-18-12-14(2)11-15(3)21(18)33(30,31)27(19)22(29)16-6-8-17(9-7-16)23(24,25)26/h6-9,11-12,19H,4-5,10,13H2,1-3H3. The van der Waals surface area contributed by atoms with E-state index >= 15 is 0 Å². The number of esters is 1. The number of unbranched alkanes of at least 4 members (excludes halogenated alkanes) is 1. The van der Waals surface area contributed by atoms with Crippen molar-refractivity contribution in [1.82, 2.24) is 4.31 Å². The number of fused-ring (bicyclic) bond motifs is 1. The molecule has 0 radical (unpaired) electrons. The number of sulfonamides is 1. The van der Waals surface area contributed by atoms with Crippen LogP contribution in [0.5, 0.6) is 0 Å². The predicted molar refractivity (Wildman–Crippen MR) is 114 cm³/mol. The lowest BCUT2D eigenvalue weighted by Gasteiger charge is -2.23. The van der Waals surface area contributed by atoms with E-state index in [9.17, 15) is 31.2 Å². The number of alkyl halides is 3. The molecule has 0 fully saturated rings. The number of halogens is 3. The van der Waals surface area contributed by atoms with Crippen LogP contribution in [0.15, 0.2) is 41.3 Å². The van der Waals surface area contributed by atoms with Gasteiger partial charge in [0, 0.05) is 5.56 Å². The normalized spacial score (nSPS) is 17.0. The molecule has 33 heavy (non-hydrogen) atoms. The van der Waals surface area contributed by atoms with Crippen molar-refractivity contribution in [2.45, 2.75) is 57.1 Å². The highest BCUT2D eigenvalue weighted by molar-refractivity contribution is 7.90. The lowest BCUT2D eigenvalue weighted by molar-refractivity contribution is -0.144. The summed E-state index contributed by atoms with van der Waals surface area (Å²) >= 11 is 0. The molecule has 0 N–H and O–H groups in total. The minimum Gasteiger partial charge on any atom is -0.466 e. The van der Waals surface area contributed by atoms with Crippen LogP contribution in [0.4, 0.5) is 13.2 Å². The Bertz CT molecular complexity index is 1170. The third-order valence-electron chi connectivity index (χ3n) is 5.39. The maximum absolute atomic E-state index is 13.4. The maximum Gasteiger partial charge on any atom is 0.416 e. The fourth-order valence-corrected chi connectivity index (χ4v) is 5.90. The van der Waals surface area contributed by atoms with E-state index in [2.05, 4.69) is 0 Å². The van der Waals surface area contributed by atoms with Gasteiger partial charge in [0.1, 0.15) is 0 Å². The van der Waals surface area contributed by atoms with E-state index in [0.29, 0.717) is 34.0 Å². The summed E-state index contributed by atoms with van der Waals surface area (Å²) in [7, 11) is -4.35. The summed E-state index contributed by atoms with van der Waals surface area (Å²) in [5.41, 5.74) is 0.249. The van der Waals surface area contributed by atoms with Crippen LogP contribution in [0.25, 0.3) is 0 Å². The van der Waals surface area contributed by atoms with Crippen LogP contribution < -0.4 is 0 Å². The van der Waals surface area contributed by atoms with Gasteiger partial charge in [-0.1, -0.05) is 31.0 Å². The first-order chi connectivity index (χ1) is 15.4. The molecule has 0 saturated carbocycles. The zero-order valence-electron chi connectivity index (χ0n) is 18.4. The second kappa shape index (κ2) is 9.17. The van der Waals surface area contributed by atoms with Crippen LogP contribution in [0, 0.1) is 13.8 Å². The van der Waals surface area contributed by atoms with Crippen LogP contribution in [0.1, 0.15) is 64.8 Å². The van der Waals surface area contributed by atoms with Gasteiger partial charge in [-0.25, -0.2) is 12.7 Å². The third kappa shape index (κ3) is 4.90. The summed E-state index contributed by atoms with van der Waals surface area (Å²) in [5.74, 6) is -1.68. The van der Waals surface area contributed by atoms with Crippen LogP contribution in [-0.4, -0.2) is 31.2 Å². The average molecular weight is 484 g/mol. The van der Waals surface area contributed by atoms with Gasteiger partial charge in [0.2, 0.25) is 0 Å². The monoisotopic (exact) mass is 483 g/mol. The quantitative estimate of drug-likeness (QED) is 0.429. The molecule has 6 nitrogen and oxygen atoms in total. The van der Waals surface area contributed by atoms with Gasteiger partial charge in [0.15, 0.2) is 0 Å². The van der Waals surface area contributed by atoms with Crippen molar-refractivity contribution in [2.75, 3.05) is 6.61 Å². The molecule has 3 rings (SSSR count). The Morgan fingerprint density at radius 2 is 1.73 bits per heavy atom. The number of hydrogen-bond acceptors (Lipinski definition) is 5. The number of amides is 1. The van der Waals surface area contributed by atoms with Crippen molar-refractivity contribution in [3.05, 3.63) is 64.2 Å². The van der Waals surface area contributed by atoms with Crippen LogP contribution in [0.3, 0.4) is 0 Å². The molecule has 0 spiro atoms. The summed E-state index contributed by atoms with van der Waals surface area (Å²) in [6.07, 6.45) is -3.56. The van der Waals surface area contributed by atoms with Gasteiger partial charge in [-0.3, -0.25) is 9.59 Å². The molecular weight excluding hydrogens is 459 g/mol. The lowest BCUT2D eigenvalue weighted by atomic mass is 9.98. The molecule has 1 aliphatic heterocycles. The van der Waals surface area contributed by atoms with Crippen molar-refractivity contribution in [3.8, 4) is 0 Å². The number of nitrogens with zero attached hydrogens (tertiary/aromatic N) is 1. The molecular formula is C23H24F3NO5S. The van der Waals surface area contributed by atoms with Crippen LogP contribution in [-0.2, 0) is 25.7 Å². The Kier molecular flexibility index (Phi) is 6.88. The van der Waals surface area contributed by atoms with Gasteiger partial charge in [-0.2, -0.15) is 13.2 Å². The molecule has 0 aliphatic carbocycles. The summed E-state index contributed by atoms with van der Waals surface area (Å²) in [4.78, 5) is 25.6. The van der Waals surface area contributed by atoms with Gasteiger partial charge >= 0.3 is 12.1 Å². The summed E-state index contributed by atoms with van der Waals surface area (Å²) in [6, 6.07) is 5.38. The van der Waals surface area contributed by atoms with E-state index in [1.807, 2.05) is 6.92 Å². The highest BCUT2D eigenvalue weighted by Crippen LogP contribution is 2.44. The molecule has 10 heteroatoms. The molecule has 1 aliphatic rings. The fourth-order valence-electron chi connectivity index (χ4n) is 3.90. The highest BCUT2D eigenvalue weighted by atomic mass is 32.2. The Morgan fingerprint density at radius 3 is 2.30 bits per heavy atom. The Morgan fingerprint density at radius 1 is 1.09 bits per heavy atom. The lowest BCUT2D eigenvalue weighted by Crippen LogP contribution is -2.36. The zero-order chi connectivity index (χ0) is 24.6. The first-order valence-electron chi connectivity index (χ1n) is 10.4. The Balaban J connectivity index is 2.04. The molecule has 1 amide bonds. The molecule has 178 valence electrons. The summed E-state index contributed by atoms with van der Waals surface area (Å²) < 4.78 is 71.2. The number of rotatable bonds is 6. The van der Waals surface area contributed by atoms with E-state index in [1.165, 1.54) is 0 Å². The number of benzene rings is 2. The third-order valence-corrected chi connectivity index (χ3v) is 7.40. The number of hydrogen-bond donors (Lipinski definition) is 0. The Labute approximate surface area is 190 Å². The van der Waals surface area contributed by atoms with E-state index in [-0.39, 0.29) is 17.1 Å². The minimum absolute atomic E-state index is 0.0697. The SMILES string of the molecule is CCCCOC(=O)CC1c2cc(C)cc(C)c2S(=O)(=O)N1C(=O)c1ccc(C(F)(F)F)cc1. The average Bonchev–Trinajstić information content (AvgIpc) is 2.93. The topological polar surface area (TPSA) is 80.8 Å². The molecule has 0 saturated heterocycles. The molecule has 0 aromatic heterocycles. The van der Waals surface area contributed by atoms with Crippen molar-refractivity contribution in [3.63, 3.8) is 0 Å². The zero-order valence-corrected chi connectivity index (χ0v) is 19.2. The van der Waals surface area contributed by atoms with Crippen LogP contribution in [0.2, 0.25) is 0 Å². The summed E-state index contributed by atoms with van der Waals surface area (Å²) in [5, 5.41) is 0. The number of ether oxygens (including phenoxy) is 1. The number of aryl methyl sites for hydroxylation is 2. The van der Waals surface area contributed by atoms with E-state index < -0.39 is 46.1 Å². The van der Waals surface area contributed by atoms with Gasteiger partial charge in [0.25, 0.3) is 15.9 Å². The van der Waals surface area contributed by atoms with E-state index in [4.69, 9.17) is 4.74 Å². The number of carbonyl (C=O) groups excluding carboxylic acids is 2. The van der Waals surface area contributed by atoms with E-state index in [1.54, 1.807) is 26.0 Å². The van der Waals surface area contributed by atoms with Gasteiger partial charge < -0.3 is 4.74 Å². The van der Waals surface area contributed by atoms with E-state index in [0.717, 1.165) is 24.1 Å². The van der Waals surface area contributed by atoms with Gasteiger partial charge in [-0.05, 0) is 55.7 Å². The smallest absolute Gasteiger partial charge is 0.416 e. The predicted octanol–water partition coefficient (Wildman–Crippen LogP) is 4.94. The maximum atomic E-state index is 13.4. The molecule has 1 atom stereocenters. The molecule has 2 aromatic rings. The van der Waals surface area contributed by atoms with Crippen molar-refractivity contribution < 1.29 is 35.9 Å². The fraction of sp³-hybridized carbons (Fsp3) is 0.391. The second-order valence-corrected chi connectivity index (χ2v) is 9.73. The van der Waals surface area contributed by atoms with Gasteiger partial charge in [-0.15, -0.1) is 0 Å². The minimum atomic E-state index is -4.60. The largest absolute Gasteiger partial charge is 0.466 e. The highest BCUT2D eigenvalue weighted by Gasteiger charge is 2.48. The van der Waals surface area contributed by atoms with Crippen molar-refractivity contribution in [1.29, 1.82) is 0 Å².